The number of rotatable bonds is 7. The molecule has 0 spiro atoms. The molecular formula is C32H24N6O2. The molecule has 0 bridgehead atoms. The van der Waals surface area contributed by atoms with Gasteiger partial charge in [0.2, 0.25) is 5.88 Å². The molecular weight excluding hydrogens is 500 g/mol. The minimum Gasteiger partial charge on any atom is -0.438 e. The van der Waals surface area contributed by atoms with Crippen molar-refractivity contribution in [1.82, 2.24) is 24.7 Å². The first-order valence-corrected chi connectivity index (χ1v) is 12.7. The fourth-order valence-electron chi connectivity index (χ4n) is 4.25. The Kier molecular flexibility index (Phi) is 6.79. The highest BCUT2D eigenvalue weighted by atomic mass is 16.5. The monoisotopic (exact) mass is 524 g/mol. The summed E-state index contributed by atoms with van der Waals surface area (Å²) in [6, 6.07) is 32.2. The first-order valence-electron chi connectivity index (χ1n) is 12.7. The molecule has 0 aliphatic rings. The van der Waals surface area contributed by atoms with Gasteiger partial charge in [-0.1, -0.05) is 54.6 Å². The number of anilines is 1. The van der Waals surface area contributed by atoms with Crippen LogP contribution in [0.1, 0.15) is 15.9 Å². The molecule has 0 fully saturated rings. The van der Waals surface area contributed by atoms with Gasteiger partial charge in [0.15, 0.2) is 0 Å². The van der Waals surface area contributed by atoms with Crippen LogP contribution in [0.3, 0.4) is 0 Å². The number of nitrogens with one attached hydrogen (secondary N) is 1. The summed E-state index contributed by atoms with van der Waals surface area (Å²) in [7, 11) is 0. The molecule has 1 amide bonds. The molecule has 1 N–H and O–H groups in total. The zero-order valence-corrected chi connectivity index (χ0v) is 21.6. The number of amides is 1. The standard InChI is InChI=1S/C32H24N6O2/c1-22-14-15-24(19-29(22)40-32-26(13-8-17-34-32)27-16-18-33-21-35-27)31(39)36-30-20-28(23-9-4-2-5-10-23)37-38(30)25-11-6-3-7-12-25/h2-21H,1H3,(H,36,39). The highest BCUT2D eigenvalue weighted by Crippen LogP contribution is 2.32. The van der Waals surface area contributed by atoms with E-state index in [1.807, 2.05) is 91.9 Å². The smallest absolute Gasteiger partial charge is 0.256 e. The third-order valence-corrected chi connectivity index (χ3v) is 6.31. The third-order valence-electron chi connectivity index (χ3n) is 6.31. The number of aromatic nitrogens is 5. The van der Waals surface area contributed by atoms with Crippen LogP contribution in [0.5, 0.6) is 11.6 Å². The Labute approximate surface area is 231 Å². The van der Waals surface area contributed by atoms with Crippen molar-refractivity contribution in [1.29, 1.82) is 0 Å². The van der Waals surface area contributed by atoms with Crippen molar-refractivity contribution in [2.45, 2.75) is 6.92 Å². The first-order chi connectivity index (χ1) is 19.7. The molecule has 194 valence electrons. The van der Waals surface area contributed by atoms with E-state index in [4.69, 9.17) is 9.84 Å². The molecule has 40 heavy (non-hydrogen) atoms. The molecule has 3 aromatic carbocycles. The SMILES string of the molecule is Cc1ccc(C(=O)Nc2cc(-c3ccccc3)nn2-c2ccccc2)cc1Oc1ncccc1-c1ccncn1. The van der Waals surface area contributed by atoms with Crippen LogP contribution < -0.4 is 10.1 Å². The Balaban J connectivity index is 1.31. The second-order valence-electron chi connectivity index (χ2n) is 9.02. The number of benzene rings is 3. The van der Waals surface area contributed by atoms with Gasteiger partial charge in [-0.3, -0.25) is 4.79 Å². The molecule has 0 radical (unpaired) electrons. The number of para-hydroxylation sites is 1. The summed E-state index contributed by atoms with van der Waals surface area (Å²) in [5.41, 5.74) is 5.24. The van der Waals surface area contributed by atoms with E-state index in [0.29, 0.717) is 28.7 Å². The quantitative estimate of drug-likeness (QED) is 0.248. The Morgan fingerprint density at radius 3 is 2.38 bits per heavy atom. The normalized spacial score (nSPS) is 10.7. The molecule has 3 aromatic heterocycles. The van der Waals surface area contributed by atoms with Crippen molar-refractivity contribution in [3.05, 3.63) is 133 Å². The zero-order chi connectivity index (χ0) is 27.3. The van der Waals surface area contributed by atoms with E-state index >= 15 is 0 Å². The summed E-state index contributed by atoms with van der Waals surface area (Å²) in [6.07, 6.45) is 4.80. The van der Waals surface area contributed by atoms with Crippen LogP contribution in [0.2, 0.25) is 0 Å². The number of hydrogen-bond acceptors (Lipinski definition) is 6. The molecule has 8 heteroatoms. The van der Waals surface area contributed by atoms with Gasteiger partial charge in [0.1, 0.15) is 17.9 Å². The molecule has 0 aliphatic heterocycles. The number of hydrogen-bond donors (Lipinski definition) is 1. The lowest BCUT2D eigenvalue weighted by Crippen LogP contribution is -2.15. The minimum absolute atomic E-state index is 0.293. The Morgan fingerprint density at radius 1 is 0.800 bits per heavy atom. The average Bonchev–Trinajstić information content (AvgIpc) is 3.43. The fourth-order valence-corrected chi connectivity index (χ4v) is 4.25. The third kappa shape index (κ3) is 5.19. The number of nitrogens with zero attached hydrogens (tertiary/aromatic N) is 5. The van der Waals surface area contributed by atoms with Crippen LogP contribution >= 0.6 is 0 Å². The van der Waals surface area contributed by atoms with Crippen molar-refractivity contribution in [3.8, 4) is 39.8 Å². The van der Waals surface area contributed by atoms with Crippen molar-refractivity contribution < 1.29 is 9.53 Å². The lowest BCUT2D eigenvalue weighted by Gasteiger charge is -2.13. The first kappa shape index (κ1) is 24.7. The number of ether oxygens (including phenoxy) is 1. The Hall–Kier alpha value is -5.63. The summed E-state index contributed by atoms with van der Waals surface area (Å²) in [4.78, 5) is 26.2. The van der Waals surface area contributed by atoms with Crippen LogP contribution in [0, 0.1) is 6.92 Å². The molecule has 3 heterocycles. The zero-order valence-electron chi connectivity index (χ0n) is 21.6. The van der Waals surface area contributed by atoms with Gasteiger partial charge in [-0.15, -0.1) is 0 Å². The average molecular weight is 525 g/mol. The molecule has 0 aliphatic carbocycles. The maximum absolute atomic E-state index is 13.5. The summed E-state index contributed by atoms with van der Waals surface area (Å²) < 4.78 is 7.95. The lowest BCUT2D eigenvalue weighted by molar-refractivity contribution is 0.102. The topological polar surface area (TPSA) is 94.8 Å². The van der Waals surface area contributed by atoms with Gasteiger partial charge >= 0.3 is 0 Å². The Bertz CT molecular complexity index is 1770. The predicted molar refractivity (Wildman–Crippen MR) is 153 cm³/mol. The van der Waals surface area contributed by atoms with Gasteiger partial charge < -0.3 is 10.1 Å². The van der Waals surface area contributed by atoms with Crippen molar-refractivity contribution >= 4 is 11.7 Å². The van der Waals surface area contributed by atoms with Gasteiger partial charge in [-0.25, -0.2) is 19.6 Å². The van der Waals surface area contributed by atoms with E-state index in [2.05, 4.69) is 20.3 Å². The number of pyridine rings is 1. The minimum atomic E-state index is -0.293. The Morgan fingerprint density at radius 2 is 1.60 bits per heavy atom. The molecule has 0 saturated heterocycles. The van der Waals surface area contributed by atoms with E-state index in [0.717, 1.165) is 28.1 Å². The number of carbonyl (C=O) groups is 1. The summed E-state index contributed by atoms with van der Waals surface area (Å²) in [6.45, 7) is 1.92. The second-order valence-corrected chi connectivity index (χ2v) is 9.02. The lowest BCUT2D eigenvalue weighted by atomic mass is 10.1. The van der Waals surface area contributed by atoms with E-state index < -0.39 is 0 Å². The summed E-state index contributed by atoms with van der Waals surface area (Å²) in [5, 5.41) is 7.82. The largest absolute Gasteiger partial charge is 0.438 e. The number of carbonyl (C=O) groups excluding carboxylic acids is 1. The van der Waals surface area contributed by atoms with Crippen LogP contribution in [0.4, 0.5) is 5.82 Å². The van der Waals surface area contributed by atoms with Gasteiger partial charge in [0.05, 0.1) is 22.6 Å². The highest BCUT2D eigenvalue weighted by molar-refractivity contribution is 6.04. The maximum Gasteiger partial charge on any atom is 0.256 e. The fraction of sp³-hybridized carbons (Fsp3) is 0.0312. The van der Waals surface area contributed by atoms with Crippen LogP contribution in [-0.4, -0.2) is 30.6 Å². The predicted octanol–water partition coefficient (Wildman–Crippen LogP) is 6.74. The van der Waals surface area contributed by atoms with Crippen molar-refractivity contribution in [2.24, 2.45) is 0 Å². The van der Waals surface area contributed by atoms with Crippen LogP contribution in [-0.2, 0) is 0 Å². The van der Waals surface area contributed by atoms with Gasteiger partial charge in [-0.2, -0.15) is 5.10 Å². The van der Waals surface area contributed by atoms with E-state index in [1.54, 1.807) is 35.3 Å². The van der Waals surface area contributed by atoms with Gasteiger partial charge in [0.25, 0.3) is 5.91 Å². The molecule has 6 rings (SSSR count). The molecule has 0 saturated carbocycles. The van der Waals surface area contributed by atoms with Gasteiger partial charge in [0, 0.05) is 29.6 Å². The van der Waals surface area contributed by atoms with Crippen LogP contribution in [0.15, 0.2) is 122 Å². The van der Waals surface area contributed by atoms with E-state index in [-0.39, 0.29) is 5.91 Å². The summed E-state index contributed by atoms with van der Waals surface area (Å²) in [5.74, 6) is 1.16. The molecule has 0 atom stereocenters. The van der Waals surface area contributed by atoms with E-state index in [9.17, 15) is 4.79 Å². The maximum atomic E-state index is 13.5. The van der Waals surface area contributed by atoms with Gasteiger partial charge in [-0.05, 0) is 55.0 Å². The van der Waals surface area contributed by atoms with Crippen LogP contribution in [0.25, 0.3) is 28.2 Å². The summed E-state index contributed by atoms with van der Waals surface area (Å²) >= 11 is 0. The molecule has 6 aromatic rings. The van der Waals surface area contributed by atoms with Crippen molar-refractivity contribution in [3.63, 3.8) is 0 Å². The second kappa shape index (κ2) is 11.0. The molecule has 8 nitrogen and oxygen atoms in total. The number of aryl methyl sites for hydroxylation is 1. The molecule has 0 unspecified atom stereocenters. The van der Waals surface area contributed by atoms with Crippen molar-refractivity contribution in [2.75, 3.05) is 5.32 Å². The van der Waals surface area contributed by atoms with E-state index in [1.165, 1.54) is 6.33 Å². The highest BCUT2D eigenvalue weighted by Gasteiger charge is 2.17.